The van der Waals surface area contributed by atoms with Gasteiger partial charge in [0.15, 0.2) is 0 Å². The van der Waals surface area contributed by atoms with E-state index in [9.17, 15) is 8.42 Å². The van der Waals surface area contributed by atoms with Gasteiger partial charge in [-0.25, -0.2) is 8.42 Å². The van der Waals surface area contributed by atoms with Gasteiger partial charge in [-0.3, -0.25) is 0 Å². The van der Waals surface area contributed by atoms with Crippen molar-refractivity contribution in [1.82, 2.24) is 9.21 Å². The molecule has 0 aromatic carbocycles. The molecule has 16 heavy (non-hydrogen) atoms. The Morgan fingerprint density at radius 1 is 1.12 bits per heavy atom. The first-order valence-corrected chi connectivity index (χ1v) is 8.00. The smallest absolute Gasteiger partial charge is 0.214 e. The lowest BCUT2D eigenvalue weighted by Gasteiger charge is -2.33. The van der Waals surface area contributed by atoms with E-state index >= 15 is 0 Å². The Kier molecular flexibility index (Phi) is 6.03. The van der Waals surface area contributed by atoms with Crippen LogP contribution in [0.2, 0.25) is 0 Å². The number of hydrogen-bond donors (Lipinski definition) is 0. The molecule has 1 saturated heterocycles. The van der Waals surface area contributed by atoms with E-state index in [1.807, 2.05) is 0 Å². The van der Waals surface area contributed by atoms with Crippen LogP contribution in [0.5, 0.6) is 0 Å². The molecule has 0 aromatic rings. The van der Waals surface area contributed by atoms with E-state index in [0.717, 1.165) is 26.1 Å². The molecule has 0 amide bonds. The molecule has 1 heterocycles. The maximum absolute atomic E-state index is 11.9. The Hall–Kier alpha value is 0.160. The maximum Gasteiger partial charge on any atom is 0.214 e. The first-order valence-electron chi connectivity index (χ1n) is 5.86. The van der Waals surface area contributed by atoms with Gasteiger partial charge in [-0.05, 0) is 19.4 Å². The molecule has 0 bridgehead atoms. The van der Waals surface area contributed by atoms with Gasteiger partial charge < -0.3 is 4.90 Å². The first-order chi connectivity index (χ1) is 7.60. The minimum atomic E-state index is -3.04. The lowest BCUT2D eigenvalue weighted by Crippen LogP contribution is -2.49. The SMILES string of the molecule is CCN1CCN(S(=O)(=O)CCCCCl)CC1. The third-order valence-electron chi connectivity index (χ3n) is 2.96. The minimum Gasteiger partial charge on any atom is -0.301 e. The van der Waals surface area contributed by atoms with Gasteiger partial charge in [-0.15, -0.1) is 11.6 Å². The van der Waals surface area contributed by atoms with Crippen LogP contribution < -0.4 is 0 Å². The molecule has 0 aliphatic carbocycles. The fraction of sp³-hybridized carbons (Fsp3) is 1.00. The van der Waals surface area contributed by atoms with Crippen molar-refractivity contribution in [3.05, 3.63) is 0 Å². The summed E-state index contributed by atoms with van der Waals surface area (Å²) in [5.74, 6) is 0.783. The van der Waals surface area contributed by atoms with Crippen molar-refractivity contribution in [2.45, 2.75) is 19.8 Å². The van der Waals surface area contributed by atoms with Crippen LogP contribution in [0.25, 0.3) is 0 Å². The Labute approximate surface area is 104 Å². The number of rotatable bonds is 6. The minimum absolute atomic E-state index is 0.242. The van der Waals surface area contributed by atoms with E-state index < -0.39 is 10.0 Å². The van der Waals surface area contributed by atoms with Gasteiger partial charge in [0.2, 0.25) is 10.0 Å². The van der Waals surface area contributed by atoms with Gasteiger partial charge in [0, 0.05) is 32.1 Å². The number of sulfonamides is 1. The summed E-state index contributed by atoms with van der Waals surface area (Å²) in [7, 11) is -3.04. The highest BCUT2D eigenvalue weighted by molar-refractivity contribution is 7.89. The van der Waals surface area contributed by atoms with Gasteiger partial charge in [0.05, 0.1) is 5.75 Å². The molecule has 0 atom stereocenters. The second-order valence-corrected chi connectivity index (χ2v) is 6.51. The predicted octanol–water partition coefficient (Wildman–Crippen LogP) is 0.973. The fourth-order valence-electron chi connectivity index (χ4n) is 1.83. The summed E-state index contributed by atoms with van der Waals surface area (Å²) in [4.78, 5) is 2.27. The van der Waals surface area contributed by atoms with Gasteiger partial charge >= 0.3 is 0 Å². The van der Waals surface area contributed by atoms with Crippen LogP contribution in [0.3, 0.4) is 0 Å². The van der Waals surface area contributed by atoms with Crippen molar-refractivity contribution in [3.8, 4) is 0 Å². The quantitative estimate of drug-likeness (QED) is 0.533. The Balaban J connectivity index is 2.39. The Morgan fingerprint density at radius 3 is 2.25 bits per heavy atom. The van der Waals surface area contributed by atoms with Crippen LogP contribution in [0.1, 0.15) is 19.8 Å². The van der Waals surface area contributed by atoms with Crippen molar-refractivity contribution < 1.29 is 8.42 Å². The number of likely N-dealkylation sites (N-methyl/N-ethyl adjacent to an activating group) is 1. The molecule has 0 aromatic heterocycles. The molecule has 0 radical (unpaired) electrons. The average Bonchev–Trinajstić information content (AvgIpc) is 2.29. The second-order valence-electron chi connectivity index (χ2n) is 4.05. The third kappa shape index (κ3) is 4.20. The summed E-state index contributed by atoms with van der Waals surface area (Å²) < 4.78 is 25.5. The normalized spacial score (nSPS) is 20.1. The van der Waals surface area contributed by atoms with E-state index in [-0.39, 0.29) is 5.75 Å². The number of unbranched alkanes of at least 4 members (excludes halogenated alkanes) is 1. The summed E-state index contributed by atoms with van der Waals surface area (Å²) in [5, 5.41) is 0. The summed E-state index contributed by atoms with van der Waals surface area (Å²) in [6.45, 7) is 6.08. The molecule has 0 N–H and O–H groups in total. The van der Waals surface area contributed by atoms with E-state index in [4.69, 9.17) is 11.6 Å². The van der Waals surface area contributed by atoms with Crippen LogP contribution >= 0.6 is 11.6 Å². The summed E-state index contributed by atoms with van der Waals surface area (Å²) in [5.41, 5.74) is 0. The van der Waals surface area contributed by atoms with Crippen molar-refractivity contribution in [2.75, 3.05) is 44.4 Å². The number of halogens is 1. The van der Waals surface area contributed by atoms with Crippen LogP contribution in [0.15, 0.2) is 0 Å². The lowest BCUT2D eigenvalue weighted by molar-refractivity contribution is 0.196. The van der Waals surface area contributed by atoms with Crippen LogP contribution in [0, 0.1) is 0 Å². The largest absolute Gasteiger partial charge is 0.301 e. The first kappa shape index (κ1) is 14.2. The molecule has 1 aliphatic heterocycles. The zero-order chi connectivity index (χ0) is 12.0. The summed E-state index contributed by atoms with van der Waals surface area (Å²) >= 11 is 5.54. The third-order valence-corrected chi connectivity index (χ3v) is 5.18. The number of nitrogens with zero attached hydrogens (tertiary/aromatic N) is 2. The monoisotopic (exact) mass is 268 g/mol. The molecular formula is C10H21ClN2O2S. The van der Waals surface area contributed by atoms with Gasteiger partial charge in [0.1, 0.15) is 0 Å². The Morgan fingerprint density at radius 2 is 1.75 bits per heavy atom. The number of piperazine rings is 1. The van der Waals surface area contributed by atoms with Crippen molar-refractivity contribution >= 4 is 21.6 Å². The zero-order valence-electron chi connectivity index (χ0n) is 9.86. The molecule has 0 unspecified atom stereocenters. The molecule has 4 nitrogen and oxygen atoms in total. The highest BCUT2D eigenvalue weighted by atomic mass is 35.5. The molecule has 96 valence electrons. The molecular weight excluding hydrogens is 248 g/mol. The van der Waals surface area contributed by atoms with Gasteiger partial charge in [-0.1, -0.05) is 6.92 Å². The molecule has 0 spiro atoms. The van der Waals surface area contributed by atoms with E-state index in [2.05, 4.69) is 11.8 Å². The summed E-state index contributed by atoms with van der Waals surface area (Å²) in [6, 6.07) is 0. The topological polar surface area (TPSA) is 40.6 Å². The van der Waals surface area contributed by atoms with Crippen LogP contribution in [-0.4, -0.2) is 62.0 Å². The van der Waals surface area contributed by atoms with E-state index in [0.29, 0.717) is 25.4 Å². The predicted molar refractivity (Wildman–Crippen MR) is 67.4 cm³/mol. The highest BCUT2D eigenvalue weighted by Crippen LogP contribution is 2.09. The lowest BCUT2D eigenvalue weighted by atomic mass is 10.4. The van der Waals surface area contributed by atoms with Crippen LogP contribution in [-0.2, 0) is 10.0 Å². The second kappa shape index (κ2) is 6.79. The number of hydrogen-bond acceptors (Lipinski definition) is 3. The molecule has 1 aliphatic rings. The average molecular weight is 269 g/mol. The van der Waals surface area contributed by atoms with E-state index in [1.165, 1.54) is 0 Å². The fourth-order valence-corrected chi connectivity index (χ4v) is 3.57. The van der Waals surface area contributed by atoms with Gasteiger partial charge in [-0.2, -0.15) is 4.31 Å². The summed E-state index contributed by atoms with van der Waals surface area (Å²) in [6.07, 6.45) is 1.44. The van der Waals surface area contributed by atoms with Crippen molar-refractivity contribution in [3.63, 3.8) is 0 Å². The van der Waals surface area contributed by atoms with E-state index in [1.54, 1.807) is 4.31 Å². The van der Waals surface area contributed by atoms with Gasteiger partial charge in [0.25, 0.3) is 0 Å². The Bertz CT molecular complexity index is 287. The standard InChI is InChI=1S/C10H21ClN2O2S/c1-2-12-6-8-13(9-7-12)16(14,15)10-4-3-5-11/h2-10H2,1H3. The zero-order valence-corrected chi connectivity index (χ0v) is 11.4. The molecule has 0 saturated carbocycles. The van der Waals surface area contributed by atoms with Crippen LogP contribution in [0.4, 0.5) is 0 Å². The highest BCUT2D eigenvalue weighted by Gasteiger charge is 2.25. The molecule has 1 rings (SSSR count). The van der Waals surface area contributed by atoms with Crippen molar-refractivity contribution in [2.24, 2.45) is 0 Å². The van der Waals surface area contributed by atoms with Crippen molar-refractivity contribution in [1.29, 1.82) is 0 Å². The molecule has 1 fully saturated rings. The number of alkyl halides is 1. The maximum atomic E-state index is 11.9. The molecule has 6 heteroatoms.